The Balaban J connectivity index is 2.57. The summed E-state index contributed by atoms with van der Waals surface area (Å²) in [4.78, 5) is 0. The molecule has 1 aromatic rings. The molecule has 3 nitrogen and oxygen atoms in total. The molecule has 0 aromatic heterocycles. The minimum Gasteiger partial charge on any atom is -0.494 e. The van der Waals surface area contributed by atoms with Gasteiger partial charge in [0.1, 0.15) is 11.5 Å². The van der Waals surface area contributed by atoms with Crippen molar-refractivity contribution in [2.45, 2.75) is 26.7 Å². The molecule has 0 aliphatic rings. The van der Waals surface area contributed by atoms with Crippen LogP contribution in [0.3, 0.4) is 0 Å². The van der Waals surface area contributed by atoms with Crippen LogP contribution in [0.25, 0.3) is 0 Å². The van der Waals surface area contributed by atoms with Gasteiger partial charge in [-0.25, -0.2) is 0 Å². The molecular formula is C15H25NO2S. The molecule has 0 radical (unpaired) electrons. The molecule has 0 fully saturated rings. The van der Waals surface area contributed by atoms with Crippen molar-refractivity contribution in [2.24, 2.45) is 0 Å². The van der Waals surface area contributed by atoms with Crippen LogP contribution in [0.15, 0.2) is 18.2 Å². The van der Waals surface area contributed by atoms with Crippen molar-refractivity contribution < 1.29 is 9.47 Å². The van der Waals surface area contributed by atoms with Gasteiger partial charge in [0.05, 0.1) is 18.9 Å². The first-order valence-electron chi connectivity index (χ1n) is 6.94. The van der Waals surface area contributed by atoms with E-state index in [0.29, 0.717) is 13.2 Å². The van der Waals surface area contributed by atoms with E-state index in [2.05, 4.69) is 11.6 Å². The van der Waals surface area contributed by atoms with E-state index in [1.54, 1.807) is 0 Å². The Kier molecular flexibility index (Phi) is 8.30. The third-order valence-corrected chi connectivity index (χ3v) is 3.35. The highest BCUT2D eigenvalue weighted by Crippen LogP contribution is 2.29. The van der Waals surface area contributed by atoms with Gasteiger partial charge in [-0.1, -0.05) is 0 Å². The number of rotatable bonds is 10. The number of benzene rings is 1. The van der Waals surface area contributed by atoms with Crippen molar-refractivity contribution in [3.05, 3.63) is 18.2 Å². The van der Waals surface area contributed by atoms with Gasteiger partial charge < -0.3 is 14.8 Å². The number of thioether (sulfide) groups is 1. The molecule has 0 heterocycles. The average molecular weight is 283 g/mol. The molecule has 1 N–H and O–H groups in total. The average Bonchev–Trinajstić information content (AvgIpc) is 2.42. The van der Waals surface area contributed by atoms with Crippen LogP contribution in [0, 0.1) is 0 Å². The number of anilines is 1. The van der Waals surface area contributed by atoms with Crippen LogP contribution in [0.4, 0.5) is 5.69 Å². The van der Waals surface area contributed by atoms with E-state index >= 15 is 0 Å². The quantitative estimate of drug-likeness (QED) is 0.657. The smallest absolute Gasteiger partial charge is 0.142 e. The fraction of sp³-hybridized carbons (Fsp3) is 0.600. The van der Waals surface area contributed by atoms with Crippen molar-refractivity contribution in [1.29, 1.82) is 0 Å². The van der Waals surface area contributed by atoms with E-state index in [1.807, 2.05) is 43.8 Å². The third kappa shape index (κ3) is 6.10. The fourth-order valence-corrected chi connectivity index (χ4v) is 2.27. The summed E-state index contributed by atoms with van der Waals surface area (Å²) in [5.74, 6) is 3.01. The van der Waals surface area contributed by atoms with E-state index in [9.17, 15) is 0 Å². The number of unbranched alkanes of at least 4 members (excludes halogenated alkanes) is 1. The van der Waals surface area contributed by atoms with E-state index in [0.717, 1.165) is 23.7 Å². The summed E-state index contributed by atoms with van der Waals surface area (Å²) >= 11 is 1.90. The predicted octanol–water partition coefficient (Wildman–Crippen LogP) is 4.04. The van der Waals surface area contributed by atoms with Crippen molar-refractivity contribution >= 4 is 17.4 Å². The lowest BCUT2D eigenvalue weighted by molar-refractivity contribution is 0.332. The number of nitrogens with one attached hydrogen (secondary N) is 1. The van der Waals surface area contributed by atoms with Gasteiger partial charge in [0.25, 0.3) is 0 Å². The highest BCUT2D eigenvalue weighted by atomic mass is 32.2. The summed E-state index contributed by atoms with van der Waals surface area (Å²) in [7, 11) is 0. The summed E-state index contributed by atoms with van der Waals surface area (Å²) < 4.78 is 11.2. The Hall–Kier alpha value is -1.03. The highest BCUT2D eigenvalue weighted by molar-refractivity contribution is 7.98. The second-order valence-electron chi connectivity index (χ2n) is 4.15. The highest BCUT2D eigenvalue weighted by Gasteiger charge is 2.05. The molecule has 1 rings (SSSR count). The number of hydrogen-bond donors (Lipinski definition) is 1. The molecule has 0 aliphatic carbocycles. The first kappa shape index (κ1) is 16.0. The number of hydrogen-bond acceptors (Lipinski definition) is 4. The minimum atomic E-state index is 0.676. The zero-order valence-corrected chi connectivity index (χ0v) is 13.0. The monoisotopic (exact) mass is 283 g/mol. The summed E-state index contributed by atoms with van der Waals surface area (Å²) in [6.07, 6.45) is 4.56. The Morgan fingerprint density at radius 3 is 2.58 bits per heavy atom. The van der Waals surface area contributed by atoms with Crippen molar-refractivity contribution in [3.63, 3.8) is 0 Å². The topological polar surface area (TPSA) is 30.5 Å². The van der Waals surface area contributed by atoms with Gasteiger partial charge in [-0.15, -0.1) is 0 Å². The van der Waals surface area contributed by atoms with Crippen LogP contribution in [0.1, 0.15) is 26.7 Å². The second-order valence-corrected chi connectivity index (χ2v) is 5.14. The Morgan fingerprint density at radius 2 is 1.89 bits per heavy atom. The van der Waals surface area contributed by atoms with Gasteiger partial charge in [0, 0.05) is 12.6 Å². The fourth-order valence-electron chi connectivity index (χ4n) is 1.78. The van der Waals surface area contributed by atoms with Crippen LogP contribution in [0.5, 0.6) is 11.5 Å². The molecular weight excluding hydrogens is 258 g/mol. The first-order valence-corrected chi connectivity index (χ1v) is 8.33. The van der Waals surface area contributed by atoms with Gasteiger partial charge >= 0.3 is 0 Å². The summed E-state index contributed by atoms with van der Waals surface area (Å²) in [6.45, 7) is 6.32. The van der Waals surface area contributed by atoms with Crippen molar-refractivity contribution in [1.82, 2.24) is 0 Å². The summed E-state index contributed by atoms with van der Waals surface area (Å²) in [5.41, 5.74) is 1.02. The minimum absolute atomic E-state index is 0.676. The molecule has 0 aliphatic heterocycles. The molecule has 0 saturated heterocycles. The van der Waals surface area contributed by atoms with E-state index in [-0.39, 0.29) is 0 Å². The Labute approximate surface area is 121 Å². The van der Waals surface area contributed by atoms with Crippen molar-refractivity contribution in [3.8, 4) is 11.5 Å². The maximum absolute atomic E-state index is 5.63. The van der Waals surface area contributed by atoms with E-state index in [1.165, 1.54) is 18.6 Å². The molecule has 4 heteroatoms. The molecule has 0 atom stereocenters. The van der Waals surface area contributed by atoms with E-state index in [4.69, 9.17) is 9.47 Å². The number of ether oxygens (including phenoxy) is 2. The predicted molar refractivity (Wildman–Crippen MR) is 84.9 cm³/mol. The van der Waals surface area contributed by atoms with Crippen LogP contribution >= 0.6 is 11.8 Å². The van der Waals surface area contributed by atoms with Gasteiger partial charge in [-0.3, -0.25) is 0 Å². The maximum Gasteiger partial charge on any atom is 0.142 e. The van der Waals surface area contributed by atoms with Crippen LogP contribution < -0.4 is 14.8 Å². The Bertz CT molecular complexity index is 358. The normalized spacial score (nSPS) is 10.3. The SMILES string of the molecule is CCOc1ccc(OCC)c(NCCCCSC)c1. The lowest BCUT2D eigenvalue weighted by atomic mass is 10.2. The Morgan fingerprint density at radius 1 is 1.11 bits per heavy atom. The molecule has 0 unspecified atom stereocenters. The van der Waals surface area contributed by atoms with Gasteiger partial charge in [-0.05, 0) is 50.8 Å². The largest absolute Gasteiger partial charge is 0.494 e. The third-order valence-electron chi connectivity index (χ3n) is 2.65. The molecule has 0 amide bonds. The summed E-state index contributed by atoms with van der Waals surface area (Å²) in [5, 5.41) is 3.44. The van der Waals surface area contributed by atoms with Gasteiger partial charge in [-0.2, -0.15) is 11.8 Å². The standard InChI is InChI=1S/C15H25NO2S/c1-4-17-13-8-9-15(18-5-2)14(12-13)16-10-6-7-11-19-3/h8-9,12,16H,4-7,10-11H2,1-3H3. The molecule has 19 heavy (non-hydrogen) atoms. The van der Waals surface area contributed by atoms with Gasteiger partial charge in [0.15, 0.2) is 0 Å². The lowest BCUT2D eigenvalue weighted by Gasteiger charge is -2.14. The zero-order valence-electron chi connectivity index (χ0n) is 12.2. The summed E-state index contributed by atoms with van der Waals surface area (Å²) in [6, 6.07) is 5.94. The van der Waals surface area contributed by atoms with Gasteiger partial charge in [0.2, 0.25) is 0 Å². The van der Waals surface area contributed by atoms with Crippen LogP contribution in [0.2, 0.25) is 0 Å². The first-order chi connectivity index (χ1) is 9.31. The maximum atomic E-state index is 5.63. The molecule has 108 valence electrons. The molecule has 0 spiro atoms. The molecule has 0 saturated carbocycles. The van der Waals surface area contributed by atoms with Crippen LogP contribution in [-0.2, 0) is 0 Å². The molecule has 1 aromatic carbocycles. The zero-order chi connectivity index (χ0) is 13.9. The lowest BCUT2D eigenvalue weighted by Crippen LogP contribution is -2.05. The van der Waals surface area contributed by atoms with Crippen LogP contribution in [-0.4, -0.2) is 31.8 Å². The van der Waals surface area contributed by atoms with E-state index < -0.39 is 0 Å². The second kappa shape index (κ2) is 9.84. The van der Waals surface area contributed by atoms with Crippen molar-refractivity contribution in [2.75, 3.05) is 37.1 Å². The molecule has 0 bridgehead atoms.